The van der Waals surface area contributed by atoms with E-state index in [1.54, 1.807) is 0 Å². The van der Waals surface area contributed by atoms with Gasteiger partial charge in [-0.05, 0) is 61.8 Å². The molecular formula is C17H22ClF3N2O2. The normalized spacial score (nSPS) is 28.6. The number of anilines is 1. The van der Waals surface area contributed by atoms with Gasteiger partial charge in [0.25, 0.3) is 0 Å². The molecular weight excluding hydrogens is 357 g/mol. The van der Waals surface area contributed by atoms with Crippen LogP contribution in [0.1, 0.15) is 32.1 Å². The van der Waals surface area contributed by atoms with E-state index in [1.165, 1.54) is 30.7 Å². The molecule has 0 radical (unpaired) electrons. The first-order valence-electron chi connectivity index (χ1n) is 8.24. The highest BCUT2D eigenvalue weighted by Gasteiger charge is 2.40. The number of alkyl halides is 3. The fourth-order valence-corrected chi connectivity index (χ4v) is 3.99. The first-order chi connectivity index (χ1) is 11.3. The van der Waals surface area contributed by atoms with Crippen molar-refractivity contribution in [2.75, 3.05) is 5.32 Å². The lowest BCUT2D eigenvalue weighted by Crippen LogP contribution is -2.48. The maximum Gasteiger partial charge on any atom is 0.573 e. The molecule has 1 aromatic carbocycles. The van der Waals surface area contributed by atoms with Crippen molar-refractivity contribution in [2.45, 2.75) is 44.5 Å². The Morgan fingerprint density at radius 3 is 2.20 bits per heavy atom. The van der Waals surface area contributed by atoms with Crippen molar-refractivity contribution < 1.29 is 22.7 Å². The number of amides is 1. The molecule has 4 nitrogen and oxygen atoms in total. The predicted molar refractivity (Wildman–Crippen MR) is 90.5 cm³/mol. The van der Waals surface area contributed by atoms with Crippen LogP contribution in [0, 0.1) is 17.8 Å². The summed E-state index contributed by atoms with van der Waals surface area (Å²) in [6, 6.07) is 5.40. The summed E-state index contributed by atoms with van der Waals surface area (Å²) in [5.41, 5.74) is 6.70. The number of halogens is 4. The quantitative estimate of drug-likeness (QED) is 0.832. The molecule has 2 aliphatic rings. The van der Waals surface area contributed by atoms with Crippen LogP contribution in [-0.4, -0.2) is 18.3 Å². The van der Waals surface area contributed by atoms with Crippen molar-refractivity contribution >= 4 is 24.0 Å². The Morgan fingerprint density at radius 1 is 1.12 bits per heavy atom. The van der Waals surface area contributed by atoms with Crippen LogP contribution in [0.5, 0.6) is 5.75 Å². The van der Waals surface area contributed by atoms with Crippen LogP contribution in [0.25, 0.3) is 0 Å². The van der Waals surface area contributed by atoms with E-state index in [9.17, 15) is 18.0 Å². The van der Waals surface area contributed by atoms with Crippen LogP contribution in [-0.2, 0) is 4.79 Å². The third-order valence-electron chi connectivity index (χ3n) is 5.14. The van der Waals surface area contributed by atoms with E-state index in [1.807, 2.05) is 0 Å². The average Bonchev–Trinajstić information content (AvgIpc) is 2.47. The highest BCUT2D eigenvalue weighted by molar-refractivity contribution is 5.92. The molecule has 1 amide bonds. The number of rotatable bonds is 3. The second-order valence-corrected chi connectivity index (χ2v) is 6.76. The summed E-state index contributed by atoms with van der Waals surface area (Å²) in [4.78, 5) is 12.5. The molecule has 2 fully saturated rings. The molecule has 2 unspecified atom stereocenters. The van der Waals surface area contributed by atoms with Crippen LogP contribution in [0.4, 0.5) is 18.9 Å². The molecule has 25 heavy (non-hydrogen) atoms. The minimum Gasteiger partial charge on any atom is -0.406 e. The predicted octanol–water partition coefficient (Wildman–Crippen LogP) is 4.10. The van der Waals surface area contributed by atoms with E-state index in [2.05, 4.69) is 10.1 Å². The Balaban J connectivity index is 0.00000225. The van der Waals surface area contributed by atoms with Crippen molar-refractivity contribution in [3.63, 3.8) is 0 Å². The van der Waals surface area contributed by atoms with Gasteiger partial charge in [0.05, 0.1) is 0 Å². The summed E-state index contributed by atoms with van der Waals surface area (Å²) in [5, 5.41) is 2.79. The molecule has 0 aliphatic heterocycles. The van der Waals surface area contributed by atoms with Gasteiger partial charge in [-0.15, -0.1) is 25.6 Å². The van der Waals surface area contributed by atoms with Gasteiger partial charge < -0.3 is 15.8 Å². The summed E-state index contributed by atoms with van der Waals surface area (Å²) >= 11 is 0. The van der Waals surface area contributed by atoms with Crippen LogP contribution in [0.2, 0.25) is 0 Å². The lowest BCUT2D eigenvalue weighted by Gasteiger charge is -2.43. The maximum atomic E-state index is 12.5. The number of hydrogen-bond donors (Lipinski definition) is 2. The SMILES string of the molecule is Cl.NC1C2CCCC1CC(C(=O)Nc1ccc(OC(F)(F)F)cc1)C2. The molecule has 140 valence electrons. The van der Waals surface area contributed by atoms with Gasteiger partial charge in [0.2, 0.25) is 5.91 Å². The van der Waals surface area contributed by atoms with Crippen molar-refractivity contribution in [2.24, 2.45) is 23.5 Å². The van der Waals surface area contributed by atoms with Gasteiger partial charge in [-0.25, -0.2) is 0 Å². The zero-order valence-electron chi connectivity index (χ0n) is 13.6. The van der Waals surface area contributed by atoms with E-state index in [-0.39, 0.29) is 36.0 Å². The number of fused-ring (bicyclic) bond motifs is 2. The number of carbonyl (C=O) groups is 1. The van der Waals surface area contributed by atoms with Crippen LogP contribution >= 0.6 is 12.4 Å². The Labute approximate surface area is 150 Å². The Bertz CT molecular complexity index is 581. The van der Waals surface area contributed by atoms with Crippen molar-refractivity contribution in [1.82, 2.24) is 0 Å². The molecule has 0 heterocycles. The molecule has 2 saturated carbocycles. The zero-order chi connectivity index (χ0) is 17.3. The fraction of sp³-hybridized carbons (Fsp3) is 0.588. The molecule has 0 aromatic heterocycles. The minimum absolute atomic E-state index is 0. The lowest BCUT2D eigenvalue weighted by atomic mass is 9.65. The average molecular weight is 379 g/mol. The molecule has 1 aromatic rings. The largest absolute Gasteiger partial charge is 0.573 e. The summed E-state index contributed by atoms with van der Waals surface area (Å²) < 4.78 is 40.2. The van der Waals surface area contributed by atoms with E-state index in [0.717, 1.165) is 25.7 Å². The zero-order valence-corrected chi connectivity index (χ0v) is 14.4. The summed E-state index contributed by atoms with van der Waals surface area (Å²) in [5.74, 6) is 0.333. The molecule has 3 rings (SSSR count). The molecule has 3 N–H and O–H groups in total. The maximum absolute atomic E-state index is 12.5. The third-order valence-corrected chi connectivity index (χ3v) is 5.14. The van der Waals surface area contributed by atoms with Crippen LogP contribution in [0.3, 0.4) is 0 Å². The first kappa shape index (κ1) is 19.8. The van der Waals surface area contributed by atoms with Gasteiger partial charge in [-0.1, -0.05) is 6.42 Å². The standard InChI is InChI=1S/C17H21F3N2O2.ClH/c18-17(19,20)24-14-6-4-13(5-7-14)22-16(23)12-8-10-2-1-3-11(9-12)15(10)21;/h4-7,10-12,15H,1-3,8-9,21H2,(H,22,23);1H. The second-order valence-electron chi connectivity index (χ2n) is 6.76. The fourth-order valence-electron chi connectivity index (χ4n) is 3.99. The third kappa shape index (κ3) is 5.01. The van der Waals surface area contributed by atoms with Gasteiger partial charge in [0.15, 0.2) is 0 Å². The number of nitrogens with two attached hydrogens (primary N) is 1. The number of ether oxygens (including phenoxy) is 1. The summed E-state index contributed by atoms with van der Waals surface area (Å²) in [6.45, 7) is 0. The van der Waals surface area contributed by atoms with Crippen molar-refractivity contribution in [3.05, 3.63) is 24.3 Å². The van der Waals surface area contributed by atoms with Crippen molar-refractivity contribution in [1.29, 1.82) is 0 Å². The molecule has 2 bridgehead atoms. The molecule has 0 saturated heterocycles. The van der Waals surface area contributed by atoms with Gasteiger partial charge in [-0.2, -0.15) is 0 Å². The van der Waals surface area contributed by atoms with Gasteiger partial charge in [0, 0.05) is 17.6 Å². The topological polar surface area (TPSA) is 64.4 Å². The van der Waals surface area contributed by atoms with E-state index in [4.69, 9.17) is 5.73 Å². The van der Waals surface area contributed by atoms with Crippen LogP contribution in [0.15, 0.2) is 24.3 Å². The summed E-state index contributed by atoms with van der Waals surface area (Å²) in [7, 11) is 0. The Morgan fingerprint density at radius 2 is 1.68 bits per heavy atom. The van der Waals surface area contributed by atoms with Gasteiger partial charge in [0.1, 0.15) is 5.75 Å². The van der Waals surface area contributed by atoms with Gasteiger partial charge in [-0.3, -0.25) is 4.79 Å². The lowest BCUT2D eigenvalue weighted by molar-refractivity contribution is -0.274. The smallest absolute Gasteiger partial charge is 0.406 e. The van der Waals surface area contributed by atoms with E-state index in [0.29, 0.717) is 17.5 Å². The van der Waals surface area contributed by atoms with Crippen LogP contribution < -0.4 is 15.8 Å². The molecule has 0 spiro atoms. The first-order valence-corrected chi connectivity index (χ1v) is 8.24. The molecule has 2 atom stereocenters. The summed E-state index contributed by atoms with van der Waals surface area (Å²) in [6.07, 6.45) is 0.189. The molecule has 2 aliphatic carbocycles. The Hall–Kier alpha value is -1.47. The van der Waals surface area contributed by atoms with Crippen molar-refractivity contribution in [3.8, 4) is 5.75 Å². The number of hydrogen-bond acceptors (Lipinski definition) is 3. The number of carbonyl (C=O) groups excluding carboxylic acids is 1. The Kier molecular flexibility index (Phi) is 6.21. The highest BCUT2D eigenvalue weighted by atomic mass is 35.5. The van der Waals surface area contributed by atoms with E-state index < -0.39 is 6.36 Å². The second kappa shape index (κ2) is 7.83. The highest BCUT2D eigenvalue weighted by Crippen LogP contribution is 2.42. The monoisotopic (exact) mass is 378 g/mol. The van der Waals surface area contributed by atoms with Gasteiger partial charge >= 0.3 is 6.36 Å². The van der Waals surface area contributed by atoms with E-state index >= 15 is 0 Å². The minimum atomic E-state index is -4.72. The molecule has 8 heteroatoms. The number of benzene rings is 1. The number of nitrogens with one attached hydrogen (secondary N) is 1.